The van der Waals surface area contributed by atoms with Crippen molar-refractivity contribution in [1.82, 2.24) is 10.2 Å². The number of hydrogen-bond donors (Lipinski definition) is 1. The van der Waals surface area contributed by atoms with E-state index in [9.17, 15) is 4.79 Å². The van der Waals surface area contributed by atoms with Crippen LogP contribution in [-0.4, -0.2) is 30.4 Å². The first-order chi connectivity index (χ1) is 12.1. The number of fused-ring (bicyclic) bond motifs is 4. The van der Waals surface area contributed by atoms with Crippen molar-refractivity contribution in [2.75, 3.05) is 13.6 Å². The highest BCUT2D eigenvalue weighted by Gasteiger charge is 2.46. The lowest BCUT2D eigenvalue weighted by Gasteiger charge is -2.52. The van der Waals surface area contributed by atoms with Crippen LogP contribution < -0.4 is 5.32 Å². The van der Waals surface area contributed by atoms with E-state index in [0.717, 1.165) is 18.5 Å². The van der Waals surface area contributed by atoms with E-state index in [1.54, 1.807) is 0 Å². The molecule has 1 fully saturated rings. The van der Waals surface area contributed by atoms with E-state index >= 15 is 0 Å². The van der Waals surface area contributed by atoms with Gasteiger partial charge in [0, 0.05) is 6.04 Å². The molecule has 0 saturated carbocycles. The largest absolute Gasteiger partial charge is 0.347 e. The van der Waals surface area contributed by atoms with E-state index in [1.165, 1.54) is 17.5 Å². The van der Waals surface area contributed by atoms with Crippen LogP contribution in [0.3, 0.4) is 0 Å². The molecule has 130 valence electrons. The summed E-state index contributed by atoms with van der Waals surface area (Å²) >= 11 is 0. The second kappa shape index (κ2) is 6.30. The molecule has 1 saturated heterocycles. The summed E-state index contributed by atoms with van der Waals surface area (Å²) in [5.74, 6) is 0.105. The van der Waals surface area contributed by atoms with E-state index in [4.69, 9.17) is 0 Å². The van der Waals surface area contributed by atoms with Crippen LogP contribution in [0, 0.1) is 0 Å². The molecule has 3 atom stereocenters. The van der Waals surface area contributed by atoms with E-state index < -0.39 is 0 Å². The van der Waals surface area contributed by atoms with Crippen LogP contribution in [0.5, 0.6) is 0 Å². The molecule has 3 heteroatoms. The monoisotopic (exact) mass is 334 g/mol. The number of nitrogens with zero attached hydrogens (tertiary/aromatic N) is 1. The van der Waals surface area contributed by atoms with Gasteiger partial charge in [-0.2, -0.15) is 0 Å². The predicted molar refractivity (Wildman–Crippen MR) is 100 cm³/mol. The van der Waals surface area contributed by atoms with Gasteiger partial charge in [-0.1, -0.05) is 61.5 Å². The topological polar surface area (TPSA) is 32.3 Å². The van der Waals surface area contributed by atoms with Crippen molar-refractivity contribution in [3.63, 3.8) is 0 Å². The Morgan fingerprint density at radius 2 is 1.88 bits per heavy atom. The highest BCUT2D eigenvalue weighted by atomic mass is 16.1. The Kier molecular flexibility index (Phi) is 4.12. The van der Waals surface area contributed by atoms with Crippen LogP contribution in [0.4, 0.5) is 0 Å². The van der Waals surface area contributed by atoms with Gasteiger partial charge in [-0.3, -0.25) is 4.79 Å². The van der Waals surface area contributed by atoms with Gasteiger partial charge >= 0.3 is 0 Å². The van der Waals surface area contributed by atoms with Crippen LogP contribution in [-0.2, 0) is 16.6 Å². The standard InChI is InChI=1S/C22H26N2O/c1-22-12-13-24(2)19(15-22)21(17-10-6-7-11-18(17)22)23-20(25)14-16-8-4-3-5-9-16/h3-11,19,21H,12-15H2,1-2H3,(H,23,25)/t19?,21-,22?/m0/s1. The molecule has 3 nitrogen and oxygen atoms in total. The van der Waals surface area contributed by atoms with Crippen LogP contribution >= 0.6 is 0 Å². The number of hydrogen-bond acceptors (Lipinski definition) is 2. The fourth-order valence-corrected chi connectivity index (χ4v) is 4.63. The van der Waals surface area contributed by atoms with Crippen molar-refractivity contribution < 1.29 is 4.79 Å². The summed E-state index contributed by atoms with van der Waals surface area (Å²) < 4.78 is 0. The summed E-state index contributed by atoms with van der Waals surface area (Å²) in [6, 6.07) is 19.1. The Hall–Kier alpha value is -2.13. The first-order valence-corrected chi connectivity index (χ1v) is 9.20. The first-order valence-electron chi connectivity index (χ1n) is 9.20. The normalized spacial score (nSPS) is 28.2. The Morgan fingerprint density at radius 3 is 2.68 bits per heavy atom. The summed E-state index contributed by atoms with van der Waals surface area (Å²) in [7, 11) is 2.19. The molecule has 0 aromatic heterocycles. The Bertz CT molecular complexity index is 773. The molecular formula is C22H26N2O. The Morgan fingerprint density at radius 1 is 1.16 bits per heavy atom. The van der Waals surface area contributed by atoms with Gasteiger partial charge in [-0.25, -0.2) is 0 Å². The maximum absolute atomic E-state index is 12.7. The van der Waals surface area contributed by atoms with Gasteiger partial charge in [0.1, 0.15) is 0 Å². The second-order valence-electron chi connectivity index (χ2n) is 7.86. The molecule has 0 radical (unpaired) electrons. The Labute approximate surface area is 150 Å². The molecule has 2 aromatic carbocycles. The van der Waals surface area contributed by atoms with Crippen molar-refractivity contribution in [3.05, 3.63) is 71.3 Å². The van der Waals surface area contributed by atoms with Gasteiger partial charge in [0.15, 0.2) is 0 Å². The SMILES string of the molecule is CN1CCC2(C)CC1[C@@H](NC(=O)Cc1ccccc1)c1ccccc12. The van der Waals surface area contributed by atoms with E-state index in [2.05, 4.69) is 48.5 Å². The highest BCUT2D eigenvalue weighted by Crippen LogP contribution is 2.48. The second-order valence-corrected chi connectivity index (χ2v) is 7.86. The minimum absolute atomic E-state index is 0.0748. The lowest BCUT2D eigenvalue weighted by molar-refractivity contribution is -0.122. The highest BCUT2D eigenvalue weighted by molar-refractivity contribution is 5.79. The number of carbonyl (C=O) groups is 1. The quantitative estimate of drug-likeness (QED) is 0.932. The number of rotatable bonds is 3. The van der Waals surface area contributed by atoms with Gasteiger partial charge in [-0.05, 0) is 48.5 Å². The molecule has 1 amide bonds. The number of carbonyl (C=O) groups excluding carboxylic acids is 1. The molecule has 2 bridgehead atoms. The third kappa shape index (κ3) is 2.98. The maximum Gasteiger partial charge on any atom is 0.224 e. The molecule has 2 aliphatic rings. The molecule has 25 heavy (non-hydrogen) atoms. The molecule has 1 heterocycles. The summed E-state index contributed by atoms with van der Waals surface area (Å²) in [5, 5.41) is 3.35. The van der Waals surface area contributed by atoms with Gasteiger partial charge in [0.05, 0.1) is 12.5 Å². The third-order valence-corrected chi connectivity index (χ3v) is 6.10. The molecular weight excluding hydrogens is 308 g/mol. The molecule has 2 unspecified atom stereocenters. The number of piperidine rings is 1. The number of benzene rings is 2. The first kappa shape index (κ1) is 16.3. The average Bonchev–Trinajstić information content (AvgIpc) is 2.62. The van der Waals surface area contributed by atoms with E-state index in [1.807, 2.05) is 30.3 Å². The lowest BCUT2D eigenvalue weighted by atomic mass is 9.63. The number of amides is 1. The fourth-order valence-electron chi connectivity index (χ4n) is 4.63. The van der Waals surface area contributed by atoms with Crippen LogP contribution in [0.2, 0.25) is 0 Å². The molecule has 2 aromatic rings. The zero-order valence-electron chi connectivity index (χ0n) is 15.0. The van der Waals surface area contributed by atoms with Crippen molar-refractivity contribution in [2.24, 2.45) is 0 Å². The maximum atomic E-state index is 12.7. The van der Waals surface area contributed by atoms with Crippen molar-refractivity contribution in [1.29, 1.82) is 0 Å². The number of likely N-dealkylation sites (N-methyl/N-ethyl adjacent to an activating group) is 1. The van der Waals surface area contributed by atoms with Gasteiger partial charge in [-0.15, -0.1) is 0 Å². The minimum atomic E-state index is 0.0748. The Balaban J connectivity index is 1.62. The van der Waals surface area contributed by atoms with Crippen LogP contribution in [0.1, 0.15) is 42.5 Å². The fraction of sp³-hybridized carbons (Fsp3) is 0.409. The van der Waals surface area contributed by atoms with Gasteiger partial charge < -0.3 is 10.2 Å². The predicted octanol–water partition coefficient (Wildman–Crippen LogP) is 3.45. The average molecular weight is 334 g/mol. The zero-order valence-corrected chi connectivity index (χ0v) is 15.0. The summed E-state index contributed by atoms with van der Waals surface area (Å²) in [4.78, 5) is 15.1. The molecule has 1 aliphatic heterocycles. The van der Waals surface area contributed by atoms with E-state index in [0.29, 0.717) is 12.5 Å². The molecule has 1 aliphatic carbocycles. The van der Waals surface area contributed by atoms with Crippen molar-refractivity contribution >= 4 is 5.91 Å². The van der Waals surface area contributed by atoms with Gasteiger partial charge in [0.25, 0.3) is 0 Å². The minimum Gasteiger partial charge on any atom is -0.347 e. The van der Waals surface area contributed by atoms with Crippen molar-refractivity contribution in [3.8, 4) is 0 Å². The van der Waals surface area contributed by atoms with Crippen molar-refractivity contribution in [2.45, 2.75) is 43.7 Å². The molecule has 4 rings (SSSR count). The van der Waals surface area contributed by atoms with Crippen LogP contribution in [0.15, 0.2) is 54.6 Å². The smallest absolute Gasteiger partial charge is 0.224 e. The summed E-state index contributed by atoms with van der Waals surface area (Å²) in [6.07, 6.45) is 2.73. The summed E-state index contributed by atoms with van der Waals surface area (Å²) in [5.41, 5.74) is 4.01. The lowest BCUT2D eigenvalue weighted by Crippen LogP contribution is -2.56. The van der Waals surface area contributed by atoms with Crippen LogP contribution in [0.25, 0.3) is 0 Å². The van der Waals surface area contributed by atoms with Gasteiger partial charge in [0.2, 0.25) is 5.91 Å². The number of likely N-dealkylation sites (tertiary alicyclic amines) is 1. The molecule has 1 N–H and O–H groups in total. The zero-order chi connectivity index (χ0) is 17.4. The summed E-state index contributed by atoms with van der Waals surface area (Å²) in [6.45, 7) is 3.47. The third-order valence-electron chi connectivity index (χ3n) is 6.10. The number of nitrogens with one attached hydrogen (secondary N) is 1. The van der Waals surface area contributed by atoms with E-state index in [-0.39, 0.29) is 17.4 Å². The molecule has 0 spiro atoms.